The molecular weight excluding hydrogens is 472 g/mol. The van der Waals surface area contributed by atoms with E-state index in [2.05, 4.69) is 26.2 Å². The summed E-state index contributed by atoms with van der Waals surface area (Å²) in [5, 5.41) is 12.0. The minimum absolute atomic E-state index is 0.262. The predicted octanol–water partition coefficient (Wildman–Crippen LogP) is 5.23. The molecule has 1 fully saturated rings. The maximum atomic E-state index is 14.1. The van der Waals surface area contributed by atoms with Crippen molar-refractivity contribution in [2.75, 3.05) is 5.32 Å². The number of amides is 1. The molecule has 1 amide bonds. The zero-order valence-electron chi connectivity index (χ0n) is 15.4. The van der Waals surface area contributed by atoms with Crippen molar-refractivity contribution in [3.8, 4) is 0 Å². The minimum Gasteiger partial charge on any atom is -0.481 e. The highest BCUT2D eigenvalue weighted by Gasteiger charge is 2.43. The Hall–Kier alpha value is -2.49. The van der Waals surface area contributed by atoms with E-state index in [9.17, 15) is 32.3 Å². The molecule has 1 aliphatic rings. The van der Waals surface area contributed by atoms with Gasteiger partial charge in [0.05, 0.1) is 23.1 Å². The number of anilines is 1. The number of carboxylic acid groups (broad SMARTS) is 1. The number of rotatable bonds is 4. The fourth-order valence-electron chi connectivity index (χ4n) is 3.79. The molecule has 3 rings (SSSR count). The highest BCUT2D eigenvalue weighted by Crippen LogP contribution is 2.42. The normalized spacial score (nSPS) is 21.8. The summed E-state index contributed by atoms with van der Waals surface area (Å²) in [6.07, 6.45) is -1.84. The predicted molar refractivity (Wildman–Crippen MR) is 103 cm³/mol. The molecule has 5 nitrogen and oxygen atoms in total. The van der Waals surface area contributed by atoms with E-state index in [0.29, 0.717) is 30.7 Å². The Kier molecular flexibility index (Phi) is 6.44. The monoisotopic (exact) mass is 488 g/mol. The molecule has 2 N–H and O–H groups in total. The summed E-state index contributed by atoms with van der Waals surface area (Å²) in [6.45, 7) is 0. The molecule has 3 atom stereocenters. The lowest BCUT2D eigenvalue weighted by Gasteiger charge is -2.34. The first-order chi connectivity index (χ1) is 14.1. The van der Waals surface area contributed by atoms with E-state index in [1.54, 1.807) is 12.1 Å². The van der Waals surface area contributed by atoms with Crippen LogP contribution in [0.1, 0.15) is 36.4 Å². The fraction of sp³-hybridized carbons (Fsp3) is 0.350. The Balaban J connectivity index is 1.83. The maximum absolute atomic E-state index is 14.1. The smallest absolute Gasteiger partial charge is 0.416 e. The van der Waals surface area contributed by atoms with Crippen LogP contribution in [0, 0.1) is 17.7 Å². The second-order valence-corrected chi connectivity index (χ2v) is 8.01. The zero-order valence-corrected chi connectivity index (χ0v) is 17.0. The second-order valence-electron chi connectivity index (χ2n) is 7.09. The molecule has 10 heteroatoms. The molecule has 0 bridgehead atoms. The van der Waals surface area contributed by atoms with Crippen LogP contribution in [0.3, 0.4) is 0 Å². The first-order valence-electron chi connectivity index (χ1n) is 9.10. The number of hydrogen-bond donors (Lipinski definition) is 2. The van der Waals surface area contributed by atoms with Crippen LogP contribution in [0.15, 0.2) is 41.0 Å². The first-order valence-corrected chi connectivity index (χ1v) is 9.89. The van der Waals surface area contributed by atoms with Gasteiger partial charge in [-0.3, -0.25) is 14.6 Å². The third kappa shape index (κ3) is 4.80. The van der Waals surface area contributed by atoms with Gasteiger partial charge in [-0.2, -0.15) is 13.2 Å². The van der Waals surface area contributed by atoms with Crippen molar-refractivity contribution >= 4 is 33.5 Å². The van der Waals surface area contributed by atoms with Gasteiger partial charge in [-0.15, -0.1) is 0 Å². The van der Waals surface area contributed by atoms with Crippen molar-refractivity contribution in [1.82, 2.24) is 4.98 Å². The quantitative estimate of drug-likeness (QED) is 0.577. The van der Waals surface area contributed by atoms with Gasteiger partial charge in [0.1, 0.15) is 5.82 Å². The average Bonchev–Trinajstić information content (AvgIpc) is 2.68. The molecule has 0 saturated heterocycles. The summed E-state index contributed by atoms with van der Waals surface area (Å²) in [7, 11) is 0. The van der Waals surface area contributed by atoms with Crippen molar-refractivity contribution in [2.24, 2.45) is 11.8 Å². The Morgan fingerprint density at radius 3 is 2.47 bits per heavy atom. The lowest BCUT2D eigenvalue weighted by Crippen LogP contribution is -2.40. The summed E-state index contributed by atoms with van der Waals surface area (Å²) in [5.74, 6) is -5.76. The van der Waals surface area contributed by atoms with Crippen molar-refractivity contribution < 1.29 is 32.3 Å². The number of aliphatic carboxylic acids is 1. The summed E-state index contributed by atoms with van der Waals surface area (Å²) >= 11 is 3.26. The van der Waals surface area contributed by atoms with Gasteiger partial charge >= 0.3 is 12.1 Å². The van der Waals surface area contributed by atoms with Crippen molar-refractivity contribution in [2.45, 2.75) is 31.4 Å². The molecule has 2 aromatic rings. The zero-order chi connectivity index (χ0) is 22.1. The van der Waals surface area contributed by atoms with E-state index in [1.165, 1.54) is 6.20 Å². The third-order valence-electron chi connectivity index (χ3n) is 5.20. The molecule has 1 aromatic heterocycles. The van der Waals surface area contributed by atoms with E-state index in [0.717, 1.165) is 10.5 Å². The molecule has 0 aliphatic heterocycles. The van der Waals surface area contributed by atoms with Gasteiger partial charge in [0.25, 0.3) is 0 Å². The van der Waals surface area contributed by atoms with Crippen LogP contribution in [-0.2, 0) is 15.8 Å². The molecule has 160 valence electrons. The van der Waals surface area contributed by atoms with Gasteiger partial charge < -0.3 is 10.4 Å². The number of benzene rings is 1. The number of nitrogens with one attached hydrogen (secondary N) is 1. The Morgan fingerprint density at radius 2 is 1.90 bits per heavy atom. The Labute approximate surface area is 177 Å². The number of carbonyl (C=O) groups excluding carboxylic acids is 1. The molecule has 1 saturated carbocycles. The number of nitrogens with zero attached hydrogens (tertiary/aromatic N) is 1. The summed E-state index contributed by atoms with van der Waals surface area (Å²) in [5.41, 5.74) is -1.08. The first kappa shape index (κ1) is 22.2. The van der Waals surface area contributed by atoms with Crippen molar-refractivity contribution in [3.63, 3.8) is 0 Å². The summed E-state index contributed by atoms with van der Waals surface area (Å²) in [6, 6.07) is 5.17. The van der Waals surface area contributed by atoms with Crippen LogP contribution in [0.4, 0.5) is 23.2 Å². The van der Waals surface area contributed by atoms with E-state index in [-0.39, 0.29) is 6.42 Å². The van der Waals surface area contributed by atoms with Gasteiger partial charge in [-0.1, -0.05) is 6.42 Å². The Bertz CT molecular complexity index is 950. The standard InChI is InChI=1S/C20H17BrF4N2O3/c21-11-5-7-15(26-9-11)12-2-1-3-13(17(12)19(29)30)18(28)27-16-6-4-10(8-14(16)22)20(23,24)25/h4-9,12-13,17H,1-3H2,(H,27,28)(H,29,30). The number of hydrogen-bond acceptors (Lipinski definition) is 3. The van der Waals surface area contributed by atoms with Crippen LogP contribution in [0.5, 0.6) is 0 Å². The lowest BCUT2D eigenvalue weighted by molar-refractivity contribution is -0.149. The van der Waals surface area contributed by atoms with E-state index >= 15 is 0 Å². The van der Waals surface area contributed by atoms with Crippen LogP contribution in [0.2, 0.25) is 0 Å². The summed E-state index contributed by atoms with van der Waals surface area (Å²) in [4.78, 5) is 29.0. The van der Waals surface area contributed by atoms with Gasteiger partial charge in [-0.25, -0.2) is 4.39 Å². The minimum atomic E-state index is -4.72. The highest BCUT2D eigenvalue weighted by atomic mass is 79.9. The van der Waals surface area contributed by atoms with Crippen molar-refractivity contribution in [3.05, 3.63) is 58.1 Å². The average molecular weight is 489 g/mol. The third-order valence-corrected chi connectivity index (χ3v) is 5.67. The largest absolute Gasteiger partial charge is 0.481 e. The number of pyridine rings is 1. The molecule has 3 unspecified atom stereocenters. The number of halogens is 5. The van der Waals surface area contributed by atoms with E-state index in [4.69, 9.17) is 0 Å². The number of aromatic nitrogens is 1. The molecule has 0 radical (unpaired) electrons. The lowest BCUT2D eigenvalue weighted by atomic mass is 9.70. The molecule has 30 heavy (non-hydrogen) atoms. The number of alkyl halides is 3. The van der Waals surface area contributed by atoms with Crippen LogP contribution >= 0.6 is 15.9 Å². The molecule has 1 aliphatic carbocycles. The van der Waals surface area contributed by atoms with Crippen LogP contribution in [0.25, 0.3) is 0 Å². The van der Waals surface area contributed by atoms with Crippen LogP contribution in [-0.4, -0.2) is 22.0 Å². The SMILES string of the molecule is O=C(Nc1ccc(C(F)(F)F)cc1F)C1CCCC(c2ccc(Br)cn2)C1C(=O)O. The number of carboxylic acids is 1. The second kappa shape index (κ2) is 8.71. The molecule has 1 heterocycles. The van der Waals surface area contributed by atoms with E-state index < -0.39 is 52.9 Å². The topological polar surface area (TPSA) is 79.3 Å². The van der Waals surface area contributed by atoms with Gasteiger partial charge in [0.2, 0.25) is 5.91 Å². The Morgan fingerprint density at radius 1 is 1.17 bits per heavy atom. The molecule has 0 spiro atoms. The van der Waals surface area contributed by atoms with Crippen molar-refractivity contribution in [1.29, 1.82) is 0 Å². The van der Waals surface area contributed by atoms with Gasteiger partial charge in [0, 0.05) is 22.3 Å². The summed E-state index contributed by atoms with van der Waals surface area (Å²) < 4.78 is 52.9. The van der Waals surface area contributed by atoms with Crippen LogP contribution < -0.4 is 5.32 Å². The van der Waals surface area contributed by atoms with Gasteiger partial charge in [0.15, 0.2) is 0 Å². The van der Waals surface area contributed by atoms with E-state index in [1.807, 2.05) is 0 Å². The number of carbonyl (C=O) groups is 2. The molecule has 1 aromatic carbocycles. The highest BCUT2D eigenvalue weighted by molar-refractivity contribution is 9.10. The van der Waals surface area contributed by atoms with Gasteiger partial charge in [-0.05, 0) is 59.1 Å². The fourth-order valence-corrected chi connectivity index (χ4v) is 4.03. The maximum Gasteiger partial charge on any atom is 0.416 e. The molecular formula is C20H17BrF4N2O3.